The number of nitrogens with zero attached hydrogens (tertiary/aromatic N) is 1. The summed E-state index contributed by atoms with van der Waals surface area (Å²) in [4.78, 5) is 3.53. The van der Waals surface area contributed by atoms with Gasteiger partial charge in [0.25, 0.3) is 0 Å². The lowest BCUT2D eigenvalue weighted by molar-refractivity contribution is 0.439. The summed E-state index contributed by atoms with van der Waals surface area (Å²) in [5.74, 6) is -0.602. The molecule has 4 heteroatoms. The molecule has 0 fully saturated rings. The van der Waals surface area contributed by atoms with Crippen molar-refractivity contribution in [3.63, 3.8) is 0 Å². The molecule has 1 heterocycles. The van der Waals surface area contributed by atoms with Gasteiger partial charge in [-0.2, -0.15) is 9.37 Å². The number of aryl methyl sites for hydroxylation is 1. The topological polar surface area (TPSA) is 22.1 Å². The van der Waals surface area contributed by atoms with Gasteiger partial charge in [-0.05, 0) is 24.6 Å². The van der Waals surface area contributed by atoms with Crippen LogP contribution < -0.4 is 4.74 Å². The first-order chi connectivity index (χ1) is 7.65. The third-order valence-corrected chi connectivity index (χ3v) is 2.05. The molecule has 0 saturated heterocycles. The second-order valence-electron chi connectivity index (χ2n) is 3.31. The van der Waals surface area contributed by atoms with Crippen LogP contribution in [0.1, 0.15) is 5.56 Å². The molecule has 0 atom stereocenters. The summed E-state index contributed by atoms with van der Waals surface area (Å²) in [6.45, 7) is 1.77. The van der Waals surface area contributed by atoms with Gasteiger partial charge in [-0.15, -0.1) is 0 Å². The molecule has 2 nitrogen and oxygen atoms in total. The molecule has 0 radical (unpaired) electrons. The predicted octanol–water partition coefficient (Wildman–Crippen LogP) is 3.46. The molecule has 1 aromatic carbocycles. The van der Waals surface area contributed by atoms with Gasteiger partial charge in [0.05, 0.1) is 0 Å². The highest BCUT2D eigenvalue weighted by Gasteiger charge is 2.04. The van der Waals surface area contributed by atoms with Crippen molar-refractivity contribution in [2.75, 3.05) is 0 Å². The minimum absolute atomic E-state index is 0.105. The largest absolute Gasteiger partial charge is 0.439 e. The molecular weight excluding hydrogens is 212 g/mol. The lowest BCUT2D eigenvalue weighted by Crippen LogP contribution is -1.92. The van der Waals surface area contributed by atoms with Crippen LogP contribution in [0.2, 0.25) is 0 Å². The number of benzene rings is 1. The summed E-state index contributed by atoms with van der Waals surface area (Å²) in [7, 11) is 0. The highest BCUT2D eigenvalue weighted by atomic mass is 19.1. The van der Waals surface area contributed by atoms with Crippen molar-refractivity contribution < 1.29 is 13.5 Å². The van der Waals surface area contributed by atoms with Gasteiger partial charge in [0.2, 0.25) is 11.8 Å². The van der Waals surface area contributed by atoms with Gasteiger partial charge >= 0.3 is 0 Å². The highest BCUT2D eigenvalue weighted by Crippen LogP contribution is 2.24. The zero-order chi connectivity index (χ0) is 11.5. The van der Waals surface area contributed by atoms with Crippen molar-refractivity contribution in [1.82, 2.24) is 4.98 Å². The second kappa shape index (κ2) is 4.26. The minimum atomic E-state index is -0.633. The summed E-state index contributed by atoms with van der Waals surface area (Å²) in [6, 6.07) is 8.36. The molecule has 0 bridgehead atoms. The molecule has 0 N–H and O–H groups in total. The lowest BCUT2D eigenvalue weighted by atomic mass is 10.2. The molecule has 0 saturated carbocycles. The summed E-state index contributed by atoms with van der Waals surface area (Å²) in [5.41, 5.74) is 0.757. The van der Waals surface area contributed by atoms with E-state index in [4.69, 9.17) is 4.74 Å². The van der Waals surface area contributed by atoms with Gasteiger partial charge in [0.1, 0.15) is 11.6 Å². The van der Waals surface area contributed by atoms with E-state index in [0.29, 0.717) is 5.75 Å². The summed E-state index contributed by atoms with van der Waals surface area (Å²) in [5, 5.41) is 0. The number of hydrogen-bond acceptors (Lipinski definition) is 2. The van der Waals surface area contributed by atoms with Crippen LogP contribution in [0.25, 0.3) is 0 Å². The number of pyridine rings is 1. The number of hydrogen-bond donors (Lipinski definition) is 0. The van der Waals surface area contributed by atoms with Gasteiger partial charge in [0, 0.05) is 12.1 Å². The SMILES string of the molecule is Cc1ccc(F)cc1Oc1cccc(F)n1. The maximum Gasteiger partial charge on any atom is 0.221 e. The lowest BCUT2D eigenvalue weighted by Gasteiger charge is -2.07. The van der Waals surface area contributed by atoms with Crippen LogP contribution in [-0.4, -0.2) is 4.98 Å². The van der Waals surface area contributed by atoms with E-state index in [0.717, 1.165) is 5.56 Å². The van der Waals surface area contributed by atoms with Crippen LogP contribution in [0.15, 0.2) is 36.4 Å². The second-order valence-corrected chi connectivity index (χ2v) is 3.31. The zero-order valence-electron chi connectivity index (χ0n) is 8.58. The fourth-order valence-corrected chi connectivity index (χ4v) is 1.24. The Labute approximate surface area is 91.5 Å². The molecule has 2 aromatic rings. The van der Waals surface area contributed by atoms with Crippen molar-refractivity contribution in [3.8, 4) is 11.6 Å². The fourth-order valence-electron chi connectivity index (χ4n) is 1.24. The maximum atomic E-state index is 13.0. The van der Waals surface area contributed by atoms with E-state index in [1.54, 1.807) is 13.0 Å². The maximum absolute atomic E-state index is 13.0. The predicted molar refractivity (Wildman–Crippen MR) is 55.4 cm³/mol. The monoisotopic (exact) mass is 221 g/mol. The Hall–Kier alpha value is -1.97. The van der Waals surface area contributed by atoms with E-state index in [1.807, 2.05) is 0 Å². The molecule has 0 unspecified atom stereocenters. The van der Waals surface area contributed by atoms with Crippen molar-refractivity contribution in [2.45, 2.75) is 6.92 Å². The zero-order valence-corrected chi connectivity index (χ0v) is 8.58. The average Bonchev–Trinajstić information content (AvgIpc) is 2.24. The quantitative estimate of drug-likeness (QED) is 0.724. The normalized spacial score (nSPS) is 10.2. The van der Waals surface area contributed by atoms with Crippen molar-refractivity contribution in [2.24, 2.45) is 0 Å². The van der Waals surface area contributed by atoms with Gasteiger partial charge in [-0.25, -0.2) is 4.39 Å². The first kappa shape index (κ1) is 10.5. The molecule has 0 aliphatic heterocycles. The number of rotatable bonds is 2. The smallest absolute Gasteiger partial charge is 0.221 e. The Balaban J connectivity index is 2.30. The Morgan fingerprint density at radius 3 is 2.69 bits per heavy atom. The number of ether oxygens (including phenoxy) is 1. The third kappa shape index (κ3) is 2.34. The van der Waals surface area contributed by atoms with E-state index < -0.39 is 11.8 Å². The number of halogens is 2. The summed E-state index contributed by atoms with van der Waals surface area (Å²) >= 11 is 0. The molecule has 16 heavy (non-hydrogen) atoms. The number of aromatic nitrogens is 1. The molecule has 2 rings (SSSR count). The molecule has 0 amide bonds. The van der Waals surface area contributed by atoms with Gasteiger partial charge in [0.15, 0.2) is 0 Å². The van der Waals surface area contributed by atoms with Gasteiger partial charge < -0.3 is 4.74 Å². The molecule has 0 spiro atoms. The Morgan fingerprint density at radius 2 is 1.94 bits per heavy atom. The van der Waals surface area contributed by atoms with Crippen LogP contribution in [0.5, 0.6) is 11.6 Å². The van der Waals surface area contributed by atoms with E-state index >= 15 is 0 Å². The first-order valence-corrected chi connectivity index (χ1v) is 4.72. The van der Waals surface area contributed by atoms with Crippen molar-refractivity contribution in [1.29, 1.82) is 0 Å². The Morgan fingerprint density at radius 1 is 1.12 bits per heavy atom. The van der Waals surface area contributed by atoms with Crippen molar-refractivity contribution in [3.05, 3.63) is 53.7 Å². The third-order valence-electron chi connectivity index (χ3n) is 2.05. The average molecular weight is 221 g/mol. The molecular formula is C12H9F2NO. The molecule has 1 aromatic heterocycles. The van der Waals surface area contributed by atoms with Crippen molar-refractivity contribution >= 4 is 0 Å². The molecule has 0 aliphatic rings. The fraction of sp³-hybridized carbons (Fsp3) is 0.0833. The van der Waals surface area contributed by atoms with Crippen LogP contribution in [0.4, 0.5) is 8.78 Å². The van der Waals surface area contributed by atoms with Gasteiger partial charge in [-0.1, -0.05) is 12.1 Å². The molecule has 0 aliphatic carbocycles. The van der Waals surface area contributed by atoms with E-state index in [-0.39, 0.29) is 5.88 Å². The van der Waals surface area contributed by atoms with Crippen LogP contribution in [0, 0.1) is 18.7 Å². The van der Waals surface area contributed by atoms with Crippen LogP contribution in [0.3, 0.4) is 0 Å². The standard InChI is InChI=1S/C12H9F2NO/c1-8-5-6-9(13)7-10(8)16-12-4-2-3-11(14)15-12/h2-7H,1H3. The molecule has 82 valence electrons. The van der Waals surface area contributed by atoms with E-state index in [1.165, 1.54) is 30.3 Å². The Kier molecular flexibility index (Phi) is 2.81. The summed E-state index contributed by atoms with van der Waals surface area (Å²) < 4.78 is 31.0. The van der Waals surface area contributed by atoms with Crippen LogP contribution >= 0.6 is 0 Å². The first-order valence-electron chi connectivity index (χ1n) is 4.72. The van der Waals surface area contributed by atoms with E-state index in [9.17, 15) is 8.78 Å². The highest BCUT2D eigenvalue weighted by molar-refractivity contribution is 5.35. The van der Waals surface area contributed by atoms with E-state index in [2.05, 4.69) is 4.98 Å². The van der Waals surface area contributed by atoms with Gasteiger partial charge in [-0.3, -0.25) is 0 Å². The summed E-state index contributed by atoms with van der Waals surface area (Å²) in [6.07, 6.45) is 0. The minimum Gasteiger partial charge on any atom is -0.439 e. The Bertz CT molecular complexity index is 514. The van der Waals surface area contributed by atoms with Crippen LogP contribution in [-0.2, 0) is 0 Å².